The molecule has 0 atom stereocenters. The molecular formula is C17H23N3O2. The van der Waals surface area contributed by atoms with Gasteiger partial charge in [-0.25, -0.2) is 4.99 Å². The van der Waals surface area contributed by atoms with Crippen LogP contribution in [0.5, 0.6) is 0 Å². The Hall–Kier alpha value is -2.27. The van der Waals surface area contributed by atoms with Gasteiger partial charge in [0.2, 0.25) is 0 Å². The fourth-order valence-corrected chi connectivity index (χ4v) is 1.91. The molecule has 0 bridgehead atoms. The number of ether oxygens (including phenoxy) is 1. The van der Waals surface area contributed by atoms with E-state index >= 15 is 0 Å². The third-order valence-electron chi connectivity index (χ3n) is 2.97. The minimum atomic E-state index is 0.521. The van der Waals surface area contributed by atoms with Crippen LogP contribution in [0, 0.1) is 0 Å². The number of furan rings is 1. The number of rotatable bonds is 8. The van der Waals surface area contributed by atoms with Gasteiger partial charge in [-0.1, -0.05) is 30.3 Å². The van der Waals surface area contributed by atoms with E-state index in [-0.39, 0.29) is 0 Å². The average Bonchev–Trinajstić information content (AvgIpc) is 3.06. The number of guanidine groups is 1. The summed E-state index contributed by atoms with van der Waals surface area (Å²) >= 11 is 0. The van der Waals surface area contributed by atoms with Gasteiger partial charge in [-0.2, -0.15) is 0 Å². The number of nitrogens with one attached hydrogen (secondary N) is 2. The highest BCUT2D eigenvalue weighted by Crippen LogP contribution is 2.01. The molecule has 0 aliphatic carbocycles. The first-order chi connectivity index (χ1) is 10.9. The van der Waals surface area contributed by atoms with E-state index in [0.717, 1.165) is 18.3 Å². The monoisotopic (exact) mass is 301 g/mol. The summed E-state index contributed by atoms with van der Waals surface area (Å²) in [4.78, 5) is 4.46. The average molecular weight is 301 g/mol. The van der Waals surface area contributed by atoms with Crippen molar-refractivity contribution in [2.45, 2.75) is 20.1 Å². The fraction of sp³-hybridized carbons (Fsp3) is 0.353. The summed E-state index contributed by atoms with van der Waals surface area (Å²) in [6.07, 6.45) is 1.66. The molecular weight excluding hydrogens is 278 g/mol. The van der Waals surface area contributed by atoms with Crippen molar-refractivity contribution in [2.24, 2.45) is 4.99 Å². The minimum Gasteiger partial charge on any atom is -0.467 e. The highest BCUT2D eigenvalue weighted by Gasteiger charge is 1.99. The molecule has 0 unspecified atom stereocenters. The summed E-state index contributed by atoms with van der Waals surface area (Å²) in [5, 5.41) is 6.44. The number of hydrogen-bond donors (Lipinski definition) is 2. The standard InChI is InChI=1S/C17H23N3O2/c1-2-18-17(20-13-16-9-6-11-22-16)19-10-12-21-14-15-7-4-3-5-8-15/h3-9,11H,2,10,12-14H2,1H3,(H2,18,19,20). The zero-order chi connectivity index (χ0) is 15.5. The van der Waals surface area contributed by atoms with E-state index in [9.17, 15) is 0 Å². The lowest BCUT2D eigenvalue weighted by molar-refractivity contribution is 0.125. The highest BCUT2D eigenvalue weighted by molar-refractivity contribution is 5.79. The van der Waals surface area contributed by atoms with Crippen molar-refractivity contribution in [2.75, 3.05) is 19.7 Å². The Kier molecular flexibility index (Phi) is 7.05. The first-order valence-corrected chi connectivity index (χ1v) is 7.54. The molecule has 1 aromatic carbocycles. The fourth-order valence-electron chi connectivity index (χ4n) is 1.91. The lowest BCUT2D eigenvalue weighted by Gasteiger charge is -2.11. The normalized spacial score (nSPS) is 11.4. The third-order valence-corrected chi connectivity index (χ3v) is 2.97. The second-order valence-electron chi connectivity index (χ2n) is 4.74. The second-order valence-corrected chi connectivity index (χ2v) is 4.74. The van der Waals surface area contributed by atoms with Crippen LogP contribution in [0.2, 0.25) is 0 Å². The summed E-state index contributed by atoms with van der Waals surface area (Å²) < 4.78 is 10.9. The van der Waals surface area contributed by atoms with Crippen molar-refractivity contribution in [3.63, 3.8) is 0 Å². The molecule has 118 valence electrons. The Bertz CT molecular complexity index is 538. The van der Waals surface area contributed by atoms with E-state index in [1.54, 1.807) is 6.26 Å². The van der Waals surface area contributed by atoms with E-state index in [4.69, 9.17) is 9.15 Å². The molecule has 0 radical (unpaired) electrons. The molecule has 2 rings (SSSR count). The van der Waals surface area contributed by atoms with Gasteiger partial charge in [0, 0.05) is 13.1 Å². The van der Waals surface area contributed by atoms with Gasteiger partial charge in [0.25, 0.3) is 0 Å². The second kappa shape index (κ2) is 9.63. The smallest absolute Gasteiger partial charge is 0.191 e. The van der Waals surface area contributed by atoms with Crippen molar-refractivity contribution in [1.29, 1.82) is 0 Å². The van der Waals surface area contributed by atoms with Crippen LogP contribution in [-0.2, 0) is 17.9 Å². The van der Waals surface area contributed by atoms with E-state index in [1.165, 1.54) is 5.56 Å². The first-order valence-electron chi connectivity index (χ1n) is 7.54. The van der Waals surface area contributed by atoms with Gasteiger partial charge in [-0.15, -0.1) is 0 Å². The van der Waals surface area contributed by atoms with Gasteiger partial charge < -0.3 is 19.8 Å². The number of hydrogen-bond acceptors (Lipinski definition) is 3. The van der Waals surface area contributed by atoms with Gasteiger partial charge in [0.1, 0.15) is 12.3 Å². The molecule has 2 aromatic rings. The van der Waals surface area contributed by atoms with Gasteiger partial charge in [-0.3, -0.25) is 0 Å². The maximum Gasteiger partial charge on any atom is 0.191 e. The van der Waals surface area contributed by atoms with Gasteiger partial charge in [0.15, 0.2) is 5.96 Å². The molecule has 0 fully saturated rings. The zero-order valence-corrected chi connectivity index (χ0v) is 12.9. The van der Waals surface area contributed by atoms with Crippen molar-refractivity contribution in [3.05, 3.63) is 60.1 Å². The van der Waals surface area contributed by atoms with Crippen LogP contribution in [0.15, 0.2) is 58.1 Å². The van der Waals surface area contributed by atoms with E-state index in [1.807, 2.05) is 37.3 Å². The van der Waals surface area contributed by atoms with Crippen LogP contribution in [-0.4, -0.2) is 25.7 Å². The van der Waals surface area contributed by atoms with Crippen LogP contribution in [0.1, 0.15) is 18.2 Å². The minimum absolute atomic E-state index is 0.521. The molecule has 0 spiro atoms. The molecule has 5 heteroatoms. The van der Waals surface area contributed by atoms with Gasteiger partial charge in [-0.05, 0) is 24.6 Å². The summed E-state index contributed by atoms with van der Waals surface area (Å²) in [5.41, 5.74) is 1.18. The van der Waals surface area contributed by atoms with Crippen LogP contribution in [0.4, 0.5) is 0 Å². The quantitative estimate of drug-likeness (QED) is 0.447. The lowest BCUT2D eigenvalue weighted by Crippen LogP contribution is -2.38. The third kappa shape index (κ3) is 6.01. The largest absolute Gasteiger partial charge is 0.467 e. The van der Waals surface area contributed by atoms with Crippen molar-refractivity contribution in [1.82, 2.24) is 10.6 Å². The topological polar surface area (TPSA) is 58.8 Å². The molecule has 1 aromatic heterocycles. The Morgan fingerprint density at radius 3 is 2.73 bits per heavy atom. The van der Waals surface area contributed by atoms with Crippen molar-refractivity contribution in [3.8, 4) is 0 Å². The Morgan fingerprint density at radius 1 is 1.14 bits per heavy atom. The molecule has 0 saturated heterocycles. The maximum absolute atomic E-state index is 5.63. The Balaban J connectivity index is 1.66. The molecule has 2 N–H and O–H groups in total. The molecule has 0 amide bonds. The molecule has 5 nitrogen and oxygen atoms in total. The highest BCUT2D eigenvalue weighted by atomic mass is 16.5. The lowest BCUT2D eigenvalue weighted by atomic mass is 10.2. The summed E-state index contributed by atoms with van der Waals surface area (Å²) in [5.74, 6) is 1.61. The number of aliphatic imine (C=N–C) groups is 1. The Labute approximate surface area is 131 Å². The van der Waals surface area contributed by atoms with Crippen LogP contribution >= 0.6 is 0 Å². The maximum atomic E-state index is 5.63. The molecule has 22 heavy (non-hydrogen) atoms. The first kappa shape index (κ1) is 16.1. The molecule has 0 saturated carbocycles. The van der Waals surface area contributed by atoms with Gasteiger partial charge in [0.05, 0.1) is 19.5 Å². The van der Waals surface area contributed by atoms with Crippen LogP contribution < -0.4 is 10.6 Å². The predicted octanol–water partition coefficient (Wildman–Crippen LogP) is 2.55. The van der Waals surface area contributed by atoms with E-state index in [0.29, 0.717) is 26.3 Å². The van der Waals surface area contributed by atoms with Crippen molar-refractivity contribution >= 4 is 5.96 Å². The summed E-state index contributed by atoms with van der Waals surface area (Å²) in [6, 6.07) is 13.9. The molecule has 0 aliphatic heterocycles. The summed E-state index contributed by atoms with van der Waals surface area (Å²) in [7, 11) is 0. The molecule has 1 heterocycles. The van der Waals surface area contributed by atoms with Gasteiger partial charge >= 0.3 is 0 Å². The Morgan fingerprint density at radius 2 is 2.00 bits per heavy atom. The molecule has 0 aliphatic rings. The van der Waals surface area contributed by atoms with Crippen LogP contribution in [0.3, 0.4) is 0 Å². The predicted molar refractivity (Wildman–Crippen MR) is 87.6 cm³/mol. The van der Waals surface area contributed by atoms with Crippen molar-refractivity contribution < 1.29 is 9.15 Å². The van der Waals surface area contributed by atoms with Crippen LogP contribution in [0.25, 0.3) is 0 Å². The van der Waals surface area contributed by atoms with E-state index in [2.05, 4.69) is 27.8 Å². The summed E-state index contributed by atoms with van der Waals surface area (Å²) in [6.45, 7) is 5.33. The zero-order valence-electron chi connectivity index (χ0n) is 12.9. The SMILES string of the molecule is CCNC(=NCc1ccco1)NCCOCc1ccccc1. The number of benzene rings is 1. The van der Waals surface area contributed by atoms with E-state index < -0.39 is 0 Å². The number of nitrogens with zero attached hydrogens (tertiary/aromatic N) is 1.